The Labute approximate surface area is 155 Å². The normalized spacial score (nSPS) is 11.1. The highest BCUT2D eigenvalue weighted by Crippen LogP contribution is 2.33. The molecular formula is C17H19N3O3S2. The van der Waals surface area contributed by atoms with Crippen molar-refractivity contribution in [2.45, 2.75) is 19.9 Å². The topological polar surface area (TPSA) is 76.5 Å². The SMILES string of the molecule is CC(C)Nc1nc(-c2cc(OS)c3ccc(OCCO)cc3n2)cs1. The molecule has 0 unspecified atom stereocenters. The summed E-state index contributed by atoms with van der Waals surface area (Å²) in [5.74, 6) is 1.24. The Balaban J connectivity index is 2.01. The van der Waals surface area contributed by atoms with Gasteiger partial charge in [-0.2, -0.15) is 0 Å². The zero-order chi connectivity index (χ0) is 17.8. The smallest absolute Gasteiger partial charge is 0.183 e. The Hall–Kier alpha value is -2.03. The van der Waals surface area contributed by atoms with Gasteiger partial charge in [-0.25, -0.2) is 9.97 Å². The predicted octanol–water partition coefficient (Wildman–Crippen LogP) is 3.77. The van der Waals surface area contributed by atoms with Crippen LogP contribution in [0.1, 0.15) is 13.8 Å². The summed E-state index contributed by atoms with van der Waals surface area (Å²) in [7, 11) is 0. The van der Waals surface area contributed by atoms with E-state index in [1.807, 2.05) is 29.6 Å². The minimum Gasteiger partial charge on any atom is -0.491 e. The number of hydrogen-bond acceptors (Lipinski definition) is 8. The number of fused-ring (bicyclic) bond motifs is 1. The maximum atomic E-state index is 8.90. The molecule has 132 valence electrons. The highest BCUT2D eigenvalue weighted by atomic mass is 32.1. The Morgan fingerprint density at radius 1 is 1.24 bits per heavy atom. The van der Waals surface area contributed by atoms with E-state index in [1.165, 1.54) is 11.3 Å². The van der Waals surface area contributed by atoms with Gasteiger partial charge in [0, 0.05) is 41.9 Å². The zero-order valence-corrected chi connectivity index (χ0v) is 15.6. The first-order valence-corrected chi connectivity index (χ1v) is 9.07. The van der Waals surface area contributed by atoms with Gasteiger partial charge in [0.25, 0.3) is 0 Å². The number of aliphatic hydroxyl groups excluding tert-OH is 1. The number of ether oxygens (including phenoxy) is 1. The Bertz CT molecular complexity index is 867. The average molecular weight is 377 g/mol. The summed E-state index contributed by atoms with van der Waals surface area (Å²) in [5.41, 5.74) is 2.18. The Morgan fingerprint density at radius 3 is 2.80 bits per heavy atom. The van der Waals surface area contributed by atoms with E-state index in [0.29, 0.717) is 28.8 Å². The minimum atomic E-state index is -0.0407. The molecule has 25 heavy (non-hydrogen) atoms. The van der Waals surface area contributed by atoms with Crippen LogP contribution in [0.4, 0.5) is 5.13 Å². The van der Waals surface area contributed by atoms with Crippen molar-refractivity contribution in [2.75, 3.05) is 18.5 Å². The minimum absolute atomic E-state index is 0.0407. The third-order valence-electron chi connectivity index (χ3n) is 3.38. The lowest BCUT2D eigenvalue weighted by Crippen LogP contribution is -2.09. The molecule has 0 aliphatic carbocycles. The van der Waals surface area contributed by atoms with Crippen LogP contribution in [0.25, 0.3) is 22.3 Å². The molecule has 2 N–H and O–H groups in total. The summed E-state index contributed by atoms with van der Waals surface area (Å²) in [6, 6.07) is 7.61. The molecule has 0 radical (unpaired) electrons. The van der Waals surface area contributed by atoms with E-state index in [9.17, 15) is 0 Å². The lowest BCUT2D eigenvalue weighted by molar-refractivity contribution is 0.201. The molecule has 0 fully saturated rings. The molecule has 0 aliphatic rings. The number of nitrogens with zero attached hydrogens (tertiary/aromatic N) is 2. The van der Waals surface area contributed by atoms with E-state index < -0.39 is 0 Å². The number of pyridine rings is 1. The predicted molar refractivity (Wildman–Crippen MR) is 104 cm³/mol. The summed E-state index contributed by atoms with van der Waals surface area (Å²) in [4.78, 5) is 9.25. The molecule has 0 atom stereocenters. The maximum absolute atomic E-state index is 8.90. The maximum Gasteiger partial charge on any atom is 0.183 e. The fraction of sp³-hybridized carbons (Fsp3) is 0.294. The first-order valence-electron chi connectivity index (χ1n) is 7.83. The van der Waals surface area contributed by atoms with Gasteiger partial charge in [-0.3, -0.25) is 0 Å². The quantitative estimate of drug-likeness (QED) is 0.430. The number of hydrogen-bond donors (Lipinski definition) is 3. The van der Waals surface area contributed by atoms with Gasteiger partial charge in [-0.15, -0.1) is 11.3 Å². The monoisotopic (exact) mass is 377 g/mol. The second-order valence-electron chi connectivity index (χ2n) is 5.68. The van der Waals surface area contributed by atoms with Crippen molar-refractivity contribution in [2.24, 2.45) is 0 Å². The van der Waals surface area contributed by atoms with Crippen LogP contribution in [0.3, 0.4) is 0 Å². The first kappa shape index (κ1) is 17.8. The van der Waals surface area contributed by atoms with Gasteiger partial charge in [0.05, 0.1) is 17.8 Å². The number of thiol groups is 1. The molecule has 0 aliphatic heterocycles. The van der Waals surface area contributed by atoms with E-state index in [1.54, 1.807) is 0 Å². The van der Waals surface area contributed by atoms with E-state index in [-0.39, 0.29) is 13.2 Å². The molecule has 0 saturated heterocycles. The lowest BCUT2D eigenvalue weighted by atomic mass is 10.1. The van der Waals surface area contributed by atoms with Gasteiger partial charge in [-0.1, -0.05) is 0 Å². The third kappa shape index (κ3) is 4.15. The highest BCUT2D eigenvalue weighted by Gasteiger charge is 2.12. The molecule has 0 spiro atoms. The molecule has 6 nitrogen and oxygen atoms in total. The first-order chi connectivity index (χ1) is 12.1. The number of benzene rings is 1. The average Bonchev–Trinajstić information content (AvgIpc) is 3.06. The van der Waals surface area contributed by atoms with Gasteiger partial charge >= 0.3 is 0 Å². The largest absolute Gasteiger partial charge is 0.491 e. The van der Waals surface area contributed by atoms with Crippen LogP contribution in [0, 0.1) is 0 Å². The van der Waals surface area contributed by atoms with Crippen LogP contribution in [-0.4, -0.2) is 34.3 Å². The van der Waals surface area contributed by atoms with Crippen LogP contribution in [-0.2, 0) is 0 Å². The van der Waals surface area contributed by atoms with Gasteiger partial charge in [0.1, 0.15) is 23.8 Å². The fourth-order valence-electron chi connectivity index (χ4n) is 2.34. The van der Waals surface area contributed by atoms with Crippen LogP contribution in [0.2, 0.25) is 0 Å². The van der Waals surface area contributed by atoms with Crippen molar-refractivity contribution >= 4 is 40.3 Å². The van der Waals surface area contributed by atoms with Crippen molar-refractivity contribution in [3.8, 4) is 22.9 Å². The Kier molecular flexibility index (Phi) is 5.62. The summed E-state index contributed by atoms with van der Waals surface area (Å²) in [5, 5.41) is 15.8. The number of nitrogens with one attached hydrogen (secondary N) is 1. The van der Waals surface area contributed by atoms with Crippen LogP contribution in [0.15, 0.2) is 29.6 Å². The molecular weight excluding hydrogens is 358 g/mol. The molecule has 2 aromatic heterocycles. The Morgan fingerprint density at radius 2 is 2.08 bits per heavy atom. The molecule has 2 heterocycles. The second-order valence-corrected chi connectivity index (χ2v) is 6.73. The summed E-state index contributed by atoms with van der Waals surface area (Å²) in [6.45, 7) is 4.32. The lowest BCUT2D eigenvalue weighted by Gasteiger charge is -2.09. The molecule has 0 amide bonds. The number of aromatic nitrogens is 2. The fourth-order valence-corrected chi connectivity index (χ4v) is 3.34. The number of rotatable bonds is 7. The molecule has 8 heteroatoms. The van der Waals surface area contributed by atoms with E-state index in [4.69, 9.17) is 14.0 Å². The van der Waals surface area contributed by atoms with Gasteiger partial charge in [0.15, 0.2) is 5.13 Å². The molecule has 0 saturated carbocycles. The summed E-state index contributed by atoms with van der Waals surface area (Å²) in [6.07, 6.45) is 0. The van der Waals surface area contributed by atoms with Gasteiger partial charge in [0.2, 0.25) is 0 Å². The van der Waals surface area contributed by atoms with E-state index in [2.05, 4.69) is 42.0 Å². The molecule has 0 bridgehead atoms. The van der Waals surface area contributed by atoms with Crippen molar-refractivity contribution < 1.29 is 14.0 Å². The number of anilines is 1. The summed E-state index contributed by atoms with van der Waals surface area (Å²) < 4.78 is 10.7. The standard InChI is InChI=1S/C17H19N3O3S2/c1-10(2)18-17-20-15(9-25-17)14-8-16(23-24)12-4-3-11(22-6-5-21)7-13(12)19-14/h3-4,7-10,21,24H,5-6H2,1-2H3,(H,18,20). The highest BCUT2D eigenvalue weighted by molar-refractivity contribution is 7.75. The third-order valence-corrected chi connectivity index (χ3v) is 4.35. The summed E-state index contributed by atoms with van der Waals surface area (Å²) >= 11 is 5.49. The van der Waals surface area contributed by atoms with Crippen LogP contribution >= 0.6 is 24.2 Å². The van der Waals surface area contributed by atoms with Crippen LogP contribution in [0.5, 0.6) is 11.5 Å². The van der Waals surface area contributed by atoms with Crippen molar-refractivity contribution in [1.29, 1.82) is 0 Å². The van der Waals surface area contributed by atoms with Crippen molar-refractivity contribution in [1.82, 2.24) is 9.97 Å². The molecule has 1 aromatic carbocycles. The van der Waals surface area contributed by atoms with E-state index in [0.717, 1.165) is 16.2 Å². The number of aliphatic hydroxyl groups is 1. The van der Waals surface area contributed by atoms with E-state index >= 15 is 0 Å². The second kappa shape index (κ2) is 7.90. The van der Waals surface area contributed by atoms with Crippen molar-refractivity contribution in [3.05, 3.63) is 29.6 Å². The van der Waals surface area contributed by atoms with Crippen LogP contribution < -0.4 is 14.2 Å². The van der Waals surface area contributed by atoms with Gasteiger partial charge in [-0.05, 0) is 26.0 Å². The number of thiazole rings is 1. The molecule has 3 aromatic rings. The van der Waals surface area contributed by atoms with Gasteiger partial charge < -0.3 is 19.3 Å². The zero-order valence-electron chi connectivity index (χ0n) is 13.9. The molecule has 3 rings (SSSR count). The van der Waals surface area contributed by atoms with Crippen molar-refractivity contribution in [3.63, 3.8) is 0 Å².